The number of hydrogen-bond donors (Lipinski definition) is 3. The summed E-state index contributed by atoms with van der Waals surface area (Å²) in [5, 5.41) is 6.44. The van der Waals surface area contributed by atoms with Gasteiger partial charge in [-0.2, -0.15) is 0 Å². The normalized spacial score (nSPS) is 11.8. The lowest BCUT2D eigenvalue weighted by molar-refractivity contribution is -0.128. The summed E-state index contributed by atoms with van der Waals surface area (Å²) < 4.78 is 1.04. The van der Waals surface area contributed by atoms with E-state index in [0.29, 0.717) is 10.8 Å². The number of aromatic nitrogens is 2. The van der Waals surface area contributed by atoms with Crippen LogP contribution >= 0.6 is 22.7 Å². The van der Waals surface area contributed by atoms with Gasteiger partial charge in [0.25, 0.3) is 5.91 Å². The maximum absolute atomic E-state index is 12.3. The Hall–Kier alpha value is -3.30. The Morgan fingerprint density at radius 2 is 1.90 bits per heavy atom. The first-order valence-electron chi connectivity index (χ1n) is 9.70. The molecule has 2 amide bonds. The molecule has 4 aromatic rings. The molecule has 0 bridgehead atoms. The van der Waals surface area contributed by atoms with Gasteiger partial charge in [-0.25, -0.2) is 9.97 Å². The van der Waals surface area contributed by atoms with E-state index in [1.165, 1.54) is 22.7 Å². The Morgan fingerprint density at radius 1 is 1.06 bits per heavy atom. The second kappa shape index (κ2) is 9.23. The van der Waals surface area contributed by atoms with Crippen molar-refractivity contribution in [2.45, 2.75) is 26.3 Å². The lowest BCUT2D eigenvalue weighted by Gasteiger charge is -2.13. The van der Waals surface area contributed by atoms with Gasteiger partial charge in [0.15, 0.2) is 5.13 Å². The summed E-state index contributed by atoms with van der Waals surface area (Å²) in [6.07, 6.45) is 0.0856. The molecule has 2 heterocycles. The predicted molar refractivity (Wildman–Crippen MR) is 125 cm³/mol. The maximum atomic E-state index is 12.3. The fraction of sp³-hybridized carbons (Fsp3) is 0.182. The van der Waals surface area contributed by atoms with Crippen LogP contribution in [-0.4, -0.2) is 27.8 Å². The maximum Gasteiger partial charge on any atom is 0.260 e. The van der Waals surface area contributed by atoms with E-state index in [9.17, 15) is 9.59 Å². The minimum Gasteiger partial charge on any atom is -0.350 e. The van der Waals surface area contributed by atoms with E-state index in [1.807, 2.05) is 54.8 Å². The Labute approximate surface area is 187 Å². The number of carbonyl (C=O) groups is 2. The van der Waals surface area contributed by atoms with Crippen LogP contribution in [-0.2, 0) is 16.0 Å². The van der Waals surface area contributed by atoms with E-state index in [4.69, 9.17) is 0 Å². The number of benzene rings is 2. The van der Waals surface area contributed by atoms with Gasteiger partial charge in [-0.1, -0.05) is 47.2 Å². The third-order valence-corrected chi connectivity index (χ3v) is 6.42. The molecule has 0 spiro atoms. The third-order valence-electron chi connectivity index (χ3n) is 4.51. The highest BCUT2D eigenvalue weighted by Gasteiger charge is 2.16. The molecule has 4 rings (SSSR count). The molecule has 3 N–H and O–H groups in total. The Morgan fingerprint density at radius 3 is 2.71 bits per heavy atom. The number of anilines is 1. The van der Waals surface area contributed by atoms with Crippen LogP contribution in [0.15, 0.2) is 53.9 Å². The topological polar surface area (TPSA) is 96.0 Å². The monoisotopic (exact) mass is 451 g/mol. The summed E-state index contributed by atoms with van der Waals surface area (Å²) >= 11 is 2.97. The summed E-state index contributed by atoms with van der Waals surface area (Å²) in [7, 11) is 0. The SMILES string of the molecule is Cc1cccc(-c2nc(CC(=O)NNC(=O)[C@@H](C)Nc3nc4ccccc4s3)cs2)c1. The number of fused-ring (bicyclic) bond motifs is 1. The average molecular weight is 452 g/mol. The Kier molecular flexibility index (Phi) is 6.24. The fourth-order valence-corrected chi connectivity index (χ4v) is 4.70. The lowest BCUT2D eigenvalue weighted by Crippen LogP contribution is -2.48. The molecule has 0 aliphatic rings. The predicted octanol–water partition coefficient (Wildman–Crippen LogP) is 3.92. The summed E-state index contributed by atoms with van der Waals surface area (Å²) in [5.41, 5.74) is 8.63. The first-order chi connectivity index (χ1) is 15.0. The summed E-state index contributed by atoms with van der Waals surface area (Å²) in [5.74, 6) is -0.687. The molecule has 7 nitrogen and oxygen atoms in total. The van der Waals surface area contributed by atoms with Crippen LogP contribution < -0.4 is 16.2 Å². The molecule has 2 aromatic heterocycles. The number of aryl methyl sites for hydroxylation is 1. The molecule has 0 aliphatic heterocycles. The van der Waals surface area contributed by atoms with Crippen molar-refractivity contribution in [2.24, 2.45) is 0 Å². The quantitative estimate of drug-likeness (QED) is 0.386. The highest BCUT2D eigenvalue weighted by atomic mass is 32.1. The standard InChI is InChI=1S/C22H21N5O2S2/c1-13-6-5-7-15(10-13)21-24-16(12-30-21)11-19(28)26-27-20(29)14(2)23-22-25-17-8-3-4-9-18(17)31-22/h3-10,12,14H,11H2,1-2H3,(H,23,25)(H,26,28)(H,27,29)/t14-/m1/s1. The third kappa shape index (κ3) is 5.25. The van der Waals surface area contributed by atoms with E-state index in [0.717, 1.165) is 26.4 Å². The Balaban J connectivity index is 1.27. The van der Waals surface area contributed by atoms with Crippen LogP contribution in [0.4, 0.5) is 5.13 Å². The summed E-state index contributed by atoms with van der Waals surface area (Å²) in [6, 6.07) is 15.3. The van der Waals surface area contributed by atoms with Crippen LogP contribution in [0, 0.1) is 6.92 Å². The smallest absolute Gasteiger partial charge is 0.260 e. The van der Waals surface area contributed by atoms with Gasteiger partial charge in [-0.3, -0.25) is 20.4 Å². The molecule has 158 valence electrons. The number of nitrogens with one attached hydrogen (secondary N) is 3. The van der Waals surface area contributed by atoms with Crippen molar-refractivity contribution in [2.75, 3.05) is 5.32 Å². The van der Waals surface area contributed by atoms with Crippen molar-refractivity contribution >= 4 is 49.8 Å². The minimum atomic E-state index is -0.562. The molecule has 31 heavy (non-hydrogen) atoms. The van der Waals surface area contributed by atoms with Gasteiger partial charge in [0, 0.05) is 10.9 Å². The number of hydrazine groups is 1. The minimum absolute atomic E-state index is 0.0856. The van der Waals surface area contributed by atoms with Gasteiger partial charge in [0.05, 0.1) is 22.3 Å². The largest absolute Gasteiger partial charge is 0.350 e. The molecule has 0 unspecified atom stereocenters. The van der Waals surface area contributed by atoms with Crippen LogP contribution in [0.3, 0.4) is 0 Å². The summed E-state index contributed by atoms with van der Waals surface area (Å²) in [6.45, 7) is 3.74. The van der Waals surface area contributed by atoms with Crippen LogP contribution in [0.2, 0.25) is 0 Å². The summed E-state index contributed by atoms with van der Waals surface area (Å²) in [4.78, 5) is 33.5. The molecule has 0 saturated heterocycles. The molecule has 9 heteroatoms. The molecule has 1 atom stereocenters. The van der Waals surface area contributed by atoms with Gasteiger partial charge in [-0.15, -0.1) is 11.3 Å². The van der Waals surface area contributed by atoms with Crippen LogP contribution in [0.25, 0.3) is 20.8 Å². The number of rotatable bonds is 6. The highest BCUT2D eigenvalue weighted by molar-refractivity contribution is 7.22. The van der Waals surface area contributed by atoms with Gasteiger partial charge < -0.3 is 5.32 Å². The second-order valence-electron chi connectivity index (χ2n) is 7.08. The number of para-hydroxylation sites is 1. The molecular weight excluding hydrogens is 430 g/mol. The molecule has 0 radical (unpaired) electrons. The van der Waals surface area contributed by atoms with E-state index >= 15 is 0 Å². The van der Waals surface area contributed by atoms with Crippen molar-refractivity contribution in [1.82, 2.24) is 20.8 Å². The van der Waals surface area contributed by atoms with Crippen molar-refractivity contribution in [1.29, 1.82) is 0 Å². The fourth-order valence-electron chi connectivity index (χ4n) is 2.93. The molecule has 0 aliphatic carbocycles. The second-order valence-corrected chi connectivity index (χ2v) is 8.97. The zero-order valence-electron chi connectivity index (χ0n) is 17.0. The number of carbonyl (C=O) groups excluding carboxylic acids is 2. The van der Waals surface area contributed by atoms with Crippen molar-refractivity contribution in [3.8, 4) is 10.6 Å². The molecule has 0 fully saturated rings. The van der Waals surface area contributed by atoms with Crippen molar-refractivity contribution in [3.63, 3.8) is 0 Å². The van der Waals surface area contributed by atoms with E-state index in [-0.39, 0.29) is 18.2 Å². The van der Waals surface area contributed by atoms with Crippen molar-refractivity contribution < 1.29 is 9.59 Å². The average Bonchev–Trinajstić information content (AvgIpc) is 3.38. The zero-order valence-corrected chi connectivity index (χ0v) is 18.6. The van der Waals surface area contributed by atoms with E-state index < -0.39 is 6.04 Å². The van der Waals surface area contributed by atoms with Crippen LogP contribution in [0.5, 0.6) is 0 Å². The number of amides is 2. The number of nitrogens with zero attached hydrogens (tertiary/aromatic N) is 2. The zero-order chi connectivity index (χ0) is 21.8. The first-order valence-corrected chi connectivity index (χ1v) is 11.4. The van der Waals surface area contributed by atoms with Gasteiger partial charge in [0.2, 0.25) is 5.91 Å². The van der Waals surface area contributed by atoms with E-state index in [2.05, 4.69) is 32.2 Å². The van der Waals surface area contributed by atoms with Gasteiger partial charge in [0.1, 0.15) is 11.0 Å². The number of hydrogen-bond acceptors (Lipinski definition) is 7. The van der Waals surface area contributed by atoms with Crippen molar-refractivity contribution in [3.05, 3.63) is 65.2 Å². The first kappa shape index (κ1) is 21.0. The van der Waals surface area contributed by atoms with Gasteiger partial charge >= 0.3 is 0 Å². The van der Waals surface area contributed by atoms with E-state index in [1.54, 1.807) is 6.92 Å². The molecular formula is C22H21N5O2S2. The highest BCUT2D eigenvalue weighted by Crippen LogP contribution is 2.26. The number of thiazole rings is 2. The van der Waals surface area contributed by atoms with Crippen LogP contribution in [0.1, 0.15) is 18.2 Å². The molecule has 2 aromatic carbocycles. The Bertz CT molecular complexity index is 1200. The molecule has 0 saturated carbocycles. The lowest BCUT2D eigenvalue weighted by atomic mass is 10.1. The van der Waals surface area contributed by atoms with Gasteiger partial charge in [-0.05, 0) is 32.0 Å².